The lowest BCUT2D eigenvalue weighted by Crippen LogP contribution is -2.38. The van der Waals surface area contributed by atoms with Crippen molar-refractivity contribution in [2.75, 3.05) is 39.4 Å². The lowest BCUT2D eigenvalue weighted by atomic mass is 9.97. The fourth-order valence-electron chi connectivity index (χ4n) is 4.42. The number of rotatable bonds is 6. The Hall–Kier alpha value is -3.62. The molecule has 1 aliphatic rings. The third-order valence-corrected chi connectivity index (χ3v) is 6.34. The minimum absolute atomic E-state index is 0.237. The molecule has 8 heteroatoms. The van der Waals surface area contributed by atoms with Crippen molar-refractivity contribution in [1.29, 1.82) is 0 Å². The van der Waals surface area contributed by atoms with Gasteiger partial charge >= 0.3 is 6.03 Å². The number of aryl methyl sites for hydroxylation is 1. The Morgan fingerprint density at radius 1 is 1.11 bits per heavy atom. The lowest BCUT2D eigenvalue weighted by Gasteiger charge is -2.26. The van der Waals surface area contributed by atoms with Crippen LogP contribution in [0.5, 0.6) is 0 Å². The molecule has 35 heavy (non-hydrogen) atoms. The Morgan fingerprint density at radius 2 is 1.94 bits per heavy atom. The number of ether oxygens (including phenoxy) is 1. The predicted molar refractivity (Wildman–Crippen MR) is 134 cm³/mol. The smallest absolute Gasteiger partial charge is 0.342 e. The van der Waals surface area contributed by atoms with Crippen molar-refractivity contribution in [3.8, 4) is 22.4 Å². The first-order valence-electron chi connectivity index (χ1n) is 11.9. The van der Waals surface area contributed by atoms with E-state index in [2.05, 4.69) is 20.3 Å². The molecular formula is C27H28FN5O2. The van der Waals surface area contributed by atoms with Crippen LogP contribution in [-0.2, 0) is 4.74 Å². The number of fused-ring (bicyclic) bond motifs is 1. The van der Waals surface area contributed by atoms with Crippen molar-refractivity contribution in [3.05, 3.63) is 72.3 Å². The minimum Gasteiger partial charge on any atom is -0.379 e. The fourth-order valence-corrected chi connectivity index (χ4v) is 4.42. The summed E-state index contributed by atoms with van der Waals surface area (Å²) in [5.41, 5.74) is 4.83. The highest BCUT2D eigenvalue weighted by Gasteiger charge is 2.15. The van der Waals surface area contributed by atoms with Gasteiger partial charge in [-0.15, -0.1) is 0 Å². The number of aromatic nitrogens is 3. The topological polar surface area (TPSA) is 72.3 Å². The zero-order chi connectivity index (χ0) is 24.2. The van der Waals surface area contributed by atoms with Crippen LogP contribution in [0.3, 0.4) is 0 Å². The predicted octanol–water partition coefficient (Wildman–Crippen LogP) is 4.49. The van der Waals surface area contributed by atoms with Crippen molar-refractivity contribution in [2.45, 2.75) is 13.3 Å². The third-order valence-electron chi connectivity index (χ3n) is 6.34. The summed E-state index contributed by atoms with van der Waals surface area (Å²) in [5, 5.41) is 8.14. The van der Waals surface area contributed by atoms with Gasteiger partial charge in [-0.25, -0.2) is 9.18 Å². The lowest BCUT2D eigenvalue weighted by molar-refractivity contribution is 0.0375. The number of hydrogen-bond donors (Lipinski definition) is 1. The maximum atomic E-state index is 13.8. The van der Waals surface area contributed by atoms with Crippen LogP contribution in [0.25, 0.3) is 33.3 Å². The molecule has 0 atom stereocenters. The number of carbonyl (C=O) groups excluding carboxylic acids is 1. The highest BCUT2D eigenvalue weighted by atomic mass is 19.1. The van der Waals surface area contributed by atoms with Crippen molar-refractivity contribution in [2.24, 2.45) is 0 Å². The molecule has 1 N–H and O–H groups in total. The van der Waals surface area contributed by atoms with E-state index in [0.29, 0.717) is 12.1 Å². The second-order valence-corrected chi connectivity index (χ2v) is 8.73. The molecular weight excluding hydrogens is 445 g/mol. The van der Waals surface area contributed by atoms with Crippen LogP contribution in [-0.4, -0.2) is 65.1 Å². The molecule has 180 valence electrons. The summed E-state index contributed by atoms with van der Waals surface area (Å²) in [5.74, 6) is -0.237. The molecule has 1 saturated heterocycles. The summed E-state index contributed by atoms with van der Waals surface area (Å²) in [4.78, 5) is 19.7. The number of hydrogen-bond acceptors (Lipinski definition) is 5. The van der Waals surface area contributed by atoms with E-state index < -0.39 is 0 Å². The van der Waals surface area contributed by atoms with Crippen LogP contribution in [0, 0.1) is 12.7 Å². The van der Waals surface area contributed by atoms with Crippen molar-refractivity contribution in [1.82, 2.24) is 25.0 Å². The average molecular weight is 474 g/mol. The van der Waals surface area contributed by atoms with Gasteiger partial charge in [-0.3, -0.25) is 9.88 Å². The zero-order valence-electron chi connectivity index (χ0n) is 19.7. The molecule has 0 aliphatic carbocycles. The maximum Gasteiger partial charge on any atom is 0.342 e. The van der Waals surface area contributed by atoms with E-state index in [1.807, 2.05) is 30.3 Å². The molecule has 3 heterocycles. The number of pyridine rings is 1. The Labute approximate surface area is 203 Å². The molecule has 2 aromatic carbocycles. The zero-order valence-corrected chi connectivity index (χ0v) is 19.7. The van der Waals surface area contributed by atoms with Crippen LogP contribution in [0.2, 0.25) is 0 Å². The van der Waals surface area contributed by atoms with Gasteiger partial charge in [0, 0.05) is 42.3 Å². The summed E-state index contributed by atoms with van der Waals surface area (Å²) in [6.45, 7) is 6.71. The van der Waals surface area contributed by atoms with Gasteiger partial charge < -0.3 is 10.1 Å². The molecule has 1 amide bonds. The van der Waals surface area contributed by atoms with Crippen LogP contribution >= 0.6 is 0 Å². The van der Waals surface area contributed by atoms with Gasteiger partial charge in [-0.1, -0.05) is 12.1 Å². The van der Waals surface area contributed by atoms with E-state index in [9.17, 15) is 9.18 Å². The number of nitrogens with one attached hydrogen (secondary N) is 1. The number of carbonyl (C=O) groups is 1. The van der Waals surface area contributed by atoms with Crippen molar-refractivity contribution < 1.29 is 13.9 Å². The van der Waals surface area contributed by atoms with E-state index in [-0.39, 0.29) is 11.8 Å². The first-order chi connectivity index (χ1) is 17.1. The van der Waals surface area contributed by atoms with Crippen molar-refractivity contribution >= 4 is 16.9 Å². The summed E-state index contributed by atoms with van der Waals surface area (Å²) in [6.07, 6.45) is 4.31. The third kappa shape index (κ3) is 5.08. The molecule has 4 aromatic rings. The van der Waals surface area contributed by atoms with Crippen LogP contribution < -0.4 is 5.32 Å². The Bertz CT molecular complexity index is 1350. The van der Waals surface area contributed by atoms with E-state index in [1.54, 1.807) is 31.5 Å². The van der Waals surface area contributed by atoms with Crippen LogP contribution in [0.4, 0.5) is 9.18 Å². The molecule has 0 saturated carbocycles. The molecule has 1 fully saturated rings. The van der Waals surface area contributed by atoms with Gasteiger partial charge in [0.25, 0.3) is 0 Å². The fraction of sp³-hybridized carbons (Fsp3) is 0.296. The van der Waals surface area contributed by atoms with Gasteiger partial charge in [-0.05, 0) is 67.4 Å². The monoisotopic (exact) mass is 473 g/mol. The molecule has 1 aliphatic heterocycles. The summed E-state index contributed by atoms with van der Waals surface area (Å²) < 4.78 is 20.6. The second kappa shape index (κ2) is 10.3. The molecule has 7 nitrogen and oxygen atoms in total. The van der Waals surface area contributed by atoms with Crippen molar-refractivity contribution in [3.63, 3.8) is 0 Å². The first-order valence-corrected chi connectivity index (χ1v) is 11.9. The number of benzene rings is 2. The molecule has 0 unspecified atom stereocenters. The van der Waals surface area contributed by atoms with Crippen LogP contribution in [0.1, 0.15) is 12.0 Å². The normalized spacial score (nSPS) is 14.3. The molecule has 0 radical (unpaired) electrons. The highest BCUT2D eigenvalue weighted by Crippen LogP contribution is 2.32. The second-order valence-electron chi connectivity index (χ2n) is 8.73. The number of morpholine rings is 1. The Balaban J connectivity index is 1.32. The van der Waals surface area contributed by atoms with E-state index >= 15 is 0 Å². The number of nitrogens with zero attached hydrogens (tertiary/aromatic N) is 4. The van der Waals surface area contributed by atoms with Crippen LogP contribution in [0.15, 0.2) is 60.9 Å². The van der Waals surface area contributed by atoms with E-state index in [0.717, 1.165) is 72.6 Å². The van der Waals surface area contributed by atoms with Gasteiger partial charge in [0.1, 0.15) is 5.82 Å². The van der Waals surface area contributed by atoms with Gasteiger partial charge in [0.15, 0.2) is 0 Å². The van der Waals surface area contributed by atoms with Gasteiger partial charge in [0.2, 0.25) is 0 Å². The standard InChI is InChI=1S/C27H28FN5O2/c1-19-16-21(5-7-24(19)28)26-23(4-2-9-29-26)20-6-8-25-22(17-20)18-31-33(25)27(34)30-10-3-11-32-12-14-35-15-13-32/h2,4-9,16-18H,3,10-15H2,1H3,(H,30,34). The average Bonchev–Trinajstić information content (AvgIpc) is 3.32. The minimum atomic E-state index is -0.237. The van der Waals surface area contributed by atoms with Gasteiger partial charge in [0.05, 0.1) is 30.6 Å². The Morgan fingerprint density at radius 3 is 2.77 bits per heavy atom. The highest BCUT2D eigenvalue weighted by molar-refractivity contribution is 5.93. The summed E-state index contributed by atoms with van der Waals surface area (Å²) >= 11 is 0. The SMILES string of the molecule is Cc1cc(-c2ncccc2-c2ccc3c(cnn3C(=O)NCCCN3CCOCC3)c2)ccc1F. The quantitative estimate of drug-likeness (QED) is 0.418. The van der Waals surface area contributed by atoms with E-state index in [1.165, 1.54) is 10.7 Å². The van der Waals surface area contributed by atoms with E-state index in [4.69, 9.17) is 4.74 Å². The Kier molecular flexibility index (Phi) is 6.83. The number of halogens is 1. The van der Waals surface area contributed by atoms with Gasteiger partial charge in [-0.2, -0.15) is 9.78 Å². The summed E-state index contributed by atoms with van der Waals surface area (Å²) in [7, 11) is 0. The molecule has 2 aromatic heterocycles. The molecule has 5 rings (SSSR count). The number of amides is 1. The largest absolute Gasteiger partial charge is 0.379 e. The molecule has 0 bridgehead atoms. The molecule has 0 spiro atoms. The summed E-state index contributed by atoms with van der Waals surface area (Å²) in [6, 6.07) is 14.5. The maximum absolute atomic E-state index is 13.8. The first kappa shape index (κ1) is 23.1.